The van der Waals surface area contributed by atoms with Crippen LogP contribution in [0.4, 0.5) is 11.4 Å². The number of anilines is 1. The number of rotatable bonds is 3. The molecule has 124 valence electrons. The molecule has 1 aliphatic heterocycles. The number of nitrogens with zero attached hydrogens (tertiary/aromatic N) is 2. The summed E-state index contributed by atoms with van der Waals surface area (Å²) >= 11 is 1.53. The molecule has 1 atom stereocenters. The van der Waals surface area contributed by atoms with Crippen LogP contribution in [0.25, 0.3) is 10.8 Å². The Hall–Kier alpha value is -2.86. The number of thioether (sulfide) groups is 1. The van der Waals surface area contributed by atoms with Crippen LogP contribution in [0.5, 0.6) is 0 Å². The van der Waals surface area contributed by atoms with E-state index in [-0.39, 0.29) is 17.0 Å². The Kier molecular flexibility index (Phi) is 3.89. The van der Waals surface area contributed by atoms with Gasteiger partial charge >= 0.3 is 0 Å². The van der Waals surface area contributed by atoms with Gasteiger partial charge in [-0.25, -0.2) is 0 Å². The number of nitro benzene ring substituents is 1. The summed E-state index contributed by atoms with van der Waals surface area (Å²) in [5.74, 6) is 0.442. The van der Waals surface area contributed by atoms with Crippen molar-refractivity contribution >= 4 is 39.8 Å². The normalized spacial score (nSPS) is 17.2. The fourth-order valence-electron chi connectivity index (χ4n) is 3.04. The number of carbonyl (C=O) groups is 1. The Morgan fingerprint density at radius 1 is 1.00 bits per heavy atom. The SMILES string of the molecule is O=C1CSC(c2ccc([N+](=O)[O-])cc2)N1c1ccc2ccccc2c1. The van der Waals surface area contributed by atoms with Gasteiger partial charge in [-0.3, -0.25) is 19.8 Å². The molecule has 1 amide bonds. The van der Waals surface area contributed by atoms with Crippen molar-refractivity contribution < 1.29 is 9.72 Å². The van der Waals surface area contributed by atoms with Gasteiger partial charge in [0, 0.05) is 17.8 Å². The molecule has 3 aromatic carbocycles. The third-order valence-electron chi connectivity index (χ3n) is 4.27. The van der Waals surface area contributed by atoms with Crippen molar-refractivity contribution in [1.29, 1.82) is 0 Å². The highest BCUT2D eigenvalue weighted by atomic mass is 32.2. The first-order chi connectivity index (χ1) is 12.1. The largest absolute Gasteiger partial charge is 0.295 e. The number of amides is 1. The average molecular weight is 350 g/mol. The summed E-state index contributed by atoms with van der Waals surface area (Å²) in [6.45, 7) is 0. The molecule has 0 aromatic heterocycles. The molecule has 0 spiro atoms. The van der Waals surface area contributed by atoms with Gasteiger partial charge in [0.25, 0.3) is 5.69 Å². The molecule has 1 heterocycles. The Labute approximate surface area is 148 Å². The van der Waals surface area contributed by atoms with E-state index in [2.05, 4.69) is 0 Å². The standard InChI is InChI=1S/C19H14N2O3S/c22-18-12-25-19(14-6-8-16(9-7-14)21(23)24)20(18)17-10-5-13-3-1-2-4-15(13)11-17/h1-11,19H,12H2. The van der Waals surface area contributed by atoms with Crippen LogP contribution < -0.4 is 4.90 Å². The minimum atomic E-state index is -0.419. The Bertz CT molecular complexity index is 972. The summed E-state index contributed by atoms with van der Waals surface area (Å²) in [6, 6.07) is 20.4. The molecule has 0 bridgehead atoms. The van der Waals surface area contributed by atoms with Crippen molar-refractivity contribution in [3.8, 4) is 0 Å². The number of hydrogen-bond donors (Lipinski definition) is 0. The second-order valence-corrected chi connectivity index (χ2v) is 6.88. The van der Waals surface area contributed by atoms with Crippen LogP contribution in [-0.4, -0.2) is 16.6 Å². The fourth-order valence-corrected chi connectivity index (χ4v) is 4.21. The van der Waals surface area contributed by atoms with Crippen LogP contribution in [0.2, 0.25) is 0 Å². The van der Waals surface area contributed by atoms with Crippen LogP contribution >= 0.6 is 11.8 Å². The molecule has 6 heteroatoms. The van der Waals surface area contributed by atoms with Crippen molar-refractivity contribution in [1.82, 2.24) is 0 Å². The highest BCUT2D eigenvalue weighted by Gasteiger charge is 2.34. The number of carbonyl (C=O) groups excluding carboxylic acids is 1. The van der Waals surface area contributed by atoms with E-state index in [1.165, 1.54) is 23.9 Å². The Morgan fingerprint density at radius 2 is 1.72 bits per heavy atom. The van der Waals surface area contributed by atoms with Crippen molar-refractivity contribution in [2.45, 2.75) is 5.37 Å². The van der Waals surface area contributed by atoms with Gasteiger partial charge in [-0.05, 0) is 40.6 Å². The molecular weight excluding hydrogens is 336 g/mol. The van der Waals surface area contributed by atoms with Gasteiger partial charge in [0.05, 0.1) is 10.7 Å². The van der Waals surface area contributed by atoms with Crippen LogP contribution in [0.15, 0.2) is 66.7 Å². The minimum absolute atomic E-state index is 0.0450. The van der Waals surface area contributed by atoms with Crippen molar-refractivity contribution in [3.05, 3.63) is 82.4 Å². The van der Waals surface area contributed by atoms with Gasteiger partial charge in [-0.15, -0.1) is 11.8 Å². The first kappa shape index (κ1) is 15.7. The lowest BCUT2D eigenvalue weighted by Crippen LogP contribution is -2.27. The first-order valence-corrected chi connectivity index (χ1v) is 8.85. The second kappa shape index (κ2) is 6.22. The van der Waals surface area contributed by atoms with E-state index >= 15 is 0 Å². The van der Waals surface area contributed by atoms with E-state index in [0.717, 1.165) is 22.0 Å². The van der Waals surface area contributed by atoms with E-state index in [4.69, 9.17) is 0 Å². The topological polar surface area (TPSA) is 63.4 Å². The lowest BCUT2D eigenvalue weighted by molar-refractivity contribution is -0.384. The summed E-state index contributed by atoms with van der Waals surface area (Å²) in [6.07, 6.45) is 0. The second-order valence-electron chi connectivity index (χ2n) is 5.81. The maximum atomic E-state index is 12.5. The zero-order chi connectivity index (χ0) is 17.4. The maximum Gasteiger partial charge on any atom is 0.269 e. The molecule has 0 radical (unpaired) electrons. The van der Waals surface area contributed by atoms with Gasteiger partial charge < -0.3 is 0 Å². The Morgan fingerprint density at radius 3 is 2.44 bits per heavy atom. The van der Waals surface area contributed by atoms with Gasteiger partial charge in [0.2, 0.25) is 5.91 Å². The molecule has 3 aromatic rings. The third kappa shape index (κ3) is 2.85. The van der Waals surface area contributed by atoms with Gasteiger partial charge in [-0.1, -0.05) is 30.3 Å². The minimum Gasteiger partial charge on any atom is -0.295 e. The zero-order valence-corrected chi connectivity index (χ0v) is 14.0. The summed E-state index contributed by atoms with van der Waals surface area (Å²) in [5.41, 5.74) is 1.78. The predicted octanol–water partition coefficient (Wildman–Crippen LogP) is 4.53. The number of hydrogen-bond acceptors (Lipinski definition) is 4. The van der Waals surface area contributed by atoms with Gasteiger partial charge in [-0.2, -0.15) is 0 Å². The van der Waals surface area contributed by atoms with E-state index < -0.39 is 4.92 Å². The van der Waals surface area contributed by atoms with Crippen molar-refractivity contribution in [3.63, 3.8) is 0 Å². The van der Waals surface area contributed by atoms with Gasteiger partial charge in [0.1, 0.15) is 5.37 Å². The first-order valence-electron chi connectivity index (χ1n) is 7.80. The summed E-state index contributed by atoms with van der Waals surface area (Å²) in [4.78, 5) is 24.7. The highest BCUT2D eigenvalue weighted by Crippen LogP contribution is 2.42. The number of non-ortho nitro benzene ring substituents is 1. The maximum absolute atomic E-state index is 12.5. The fraction of sp³-hybridized carbons (Fsp3) is 0.105. The lowest BCUT2D eigenvalue weighted by Gasteiger charge is -2.24. The van der Waals surface area contributed by atoms with Crippen LogP contribution in [0.1, 0.15) is 10.9 Å². The van der Waals surface area contributed by atoms with Crippen LogP contribution in [0.3, 0.4) is 0 Å². The third-order valence-corrected chi connectivity index (χ3v) is 5.48. The van der Waals surface area contributed by atoms with Crippen molar-refractivity contribution in [2.24, 2.45) is 0 Å². The molecule has 0 aliphatic carbocycles. The van der Waals surface area contributed by atoms with E-state index in [9.17, 15) is 14.9 Å². The molecule has 1 aliphatic rings. The monoisotopic (exact) mass is 350 g/mol. The Balaban J connectivity index is 1.72. The van der Waals surface area contributed by atoms with E-state index in [1.54, 1.807) is 17.0 Å². The zero-order valence-electron chi connectivity index (χ0n) is 13.2. The van der Waals surface area contributed by atoms with Crippen molar-refractivity contribution in [2.75, 3.05) is 10.7 Å². The number of fused-ring (bicyclic) bond motifs is 1. The smallest absolute Gasteiger partial charge is 0.269 e. The molecule has 0 N–H and O–H groups in total. The molecular formula is C19H14N2O3S. The number of nitro groups is 1. The van der Waals surface area contributed by atoms with Crippen LogP contribution in [0, 0.1) is 10.1 Å². The summed E-state index contributed by atoms with van der Waals surface area (Å²) < 4.78 is 0. The van der Waals surface area contributed by atoms with E-state index in [1.807, 2.05) is 42.5 Å². The summed E-state index contributed by atoms with van der Waals surface area (Å²) in [5, 5.41) is 12.9. The average Bonchev–Trinajstić information content (AvgIpc) is 3.03. The molecule has 1 saturated heterocycles. The molecule has 4 rings (SSSR count). The molecule has 1 fully saturated rings. The molecule has 25 heavy (non-hydrogen) atoms. The quantitative estimate of drug-likeness (QED) is 0.514. The molecule has 1 unspecified atom stereocenters. The highest BCUT2D eigenvalue weighted by molar-refractivity contribution is 8.00. The molecule has 5 nitrogen and oxygen atoms in total. The summed E-state index contributed by atoms with van der Waals surface area (Å²) in [7, 11) is 0. The van der Waals surface area contributed by atoms with E-state index in [0.29, 0.717) is 5.75 Å². The van der Waals surface area contributed by atoms with Gasteiger partial charge in [0.15, 0.2) is 0 Å². The molecule has 0 saturated carbocycles. The van der Waals surface area contributed by atoms with Crippen LogP contribution in [-0.2, 0) is 4.79 Å². The number of benzene rings is 3. The predicted molar refractivity (Wildman–Crippen MR) is 99.7 cm³/mol. The lowest BCUT2D eigenvalue weighted by atomic mass is 10.1.